The lowest BCUT2D eigenvalue weighted by atomic mass is 9.89. The number of nitrogens with zero attached hydrogens (tertiary/aromatic N) is 2. The van der Waals surface area contributed by atoms with Gasteiger partial charge in [0.2, 0.25) is 0 Å². The van der Waals surface area contributed by atoms with Crippen molar-refractivity contribution >= 4 is 28.5 Å². The molecule has 3 N–H and O–H groups in total. The zero-order chi connectivity index (χ0) is 16.8. The Labute approximate surface area is 146 Å². The molecule has 1 saturated carbocycles. The van der Waals surface area contributed by atoms with Crippen molar-refractivity contribution in [1.82, 2.24) is 15.4 Å². The van der Waals surface area contributed by atoms with E-state index in [1.54, 1.807) is 22.9 Å². The van der Waals surface area contributed by atoms with Crippen LogP contribution in [0.1, 0.15) is 44.2 Å². The van der Waals surface area contributed by atoms with Gasteiger partial charge in [-0.25, -0.2) is 10.5 Å². The largest absolute Gasteiger partial charge is 0.357 e. The second kappa shape index (κ2) is 8.60. The van der Waals surface area contributed by atoms with E-state index in [9.17, 15) is 4.79 Å². The molecule has 1 amide bonds. The van der Waals surface area contributed by atoms with Gasteiger partial charge in [-0.1, -0.05) is 19.3 Å². The summed E-state index contributed by atoms with van der Waals surface area (Å²) in [4.78, 5) is 18.0. The van der Waals surface area contributed by atoms with Gasteiger partial charge in [0, 0.05) is 37.1 Å². The number of carbonyl (C=O) groups excluding carboxylic acids is 1. The minimum Gasteiger partial charge on any atom is -0.357 e. The number of hydrogen-bond donors (Lipinski definition) is 3. The highest BCUT2D eigenvalue weighted by molar-refractivity contribution is 7.13. The van der Waals surface area contributed by atoms with Gasteiger partial charge in [0.15, 0.2) is 5.13 Å². The van der Waals surface area contributed by atoms with Gasteiger partial charge in [0.1, 0.15) is 0 Å². The summed E-state index contributed by atoms with van der Waals surface area (Å²) in [5, 5.41) is 14.8. The van der Waals surface area contributed by atoms with E-state index in [1.807, 2.05) is 5.38 Å². The minimum absolute atomic E-state index is 0.456. The summed E-state index contributed by atoms with van der Waals surface area (Å²) in [6.45, 7) is 3.51. The van der Waals surface area contributed by atoms with Crippen LogP contribution in [0.5, 0.6) is 0 Å². The van der Waals surface area contributed by atoms with E-state index < -0.39 is 5.91 Å². The molecule has 1 aromatic rings. The third-order valence-corrected chi connectivity index (χ3v) is 5.67. The second-order valence-electron chi connectivity index (χ2n) is 6.78. The lowest BCUT2D eigenvalue weighted by Gasteiger charge is -2.26. The Hall–Kier alpha value is -1.44. The highest BCUT2D eigenvalue weighted by atomic mass is 32.1. The van der Waals surface area contributed by atoms with E-state index in [1.165, 1.54) is 51.3 Å². The molecule has 0 bridgehead atoms. The lowest BCUT2D eigenvalue weighted by Crippen LogP contribution is -2.31. The van der Waals surface area contributed by atoms with E-state index in [-0.39, 0.29) is 0 Å². The molecule has 7 heteroatoms. The molecule has 1 atom stereocenters. The van der Waals surface area contributed by atoms with Gasteiger partial charge >= 0.3 is 0 Å². The third kappa shape index (κ3) is 5.03. The predicted octanol–water partition coefficient (Wildman–Crippen LogP) is 2.73. The average molecular weight is 350 g/mol. The van der Waals surface area contributed by atoms with Crippen molar-refractivity contribution in [2.45, 2.75) is 44.6 Å². The van der Waals surface area contributed by atoms with Gasteiger partial charge in [-0.3, -0.25) is 10.0 Å². The number of carbonyl (C=O) groups is 1. The summed E-state index contributed by atoms with van der Waals surface area (Å²) in [7, 11) is 0. The predicted molar refractivity (Wildman–Crippen MR) is 96.1 cm³/mol. The highest BCUT2D eigenvalue weighted by Crippen LogP contribution is 2.26. The summed E-state index contributed by atoms with van der Waals surface area (Å²) >= 11 is 1.55. The Morgan fingerprint density at radius 1 is 1.38 bits per heavy atom. The molecule has 0 radical (unpaired) electrons. The molecular formula is C17H26N4O2S. The Balaban J connectivity index is 1.44. The average Bonchev–Trinajstić information content (AvgIpc) is 3.23. The first-order chi connectivity index (χ1) is 11.7. The number of aromatic nitrogens is 1. The topological polar surface area (TPSA) is 77.5 Å². The molecule has 2 fully saturated rings. The molecule has 0 aromatic carbocycles. The van der Waals surface area contributed by atoms with Crippen LogP contribution in [0.25, 0.3) is 6.08 Å². The molecule has 2 aliphatic rings. The lowest BCUT2D eigenvalue weighted by molar-refractivity contribution is -0.124. The quantitative estimate of drug-likeness (QED) is 0.418. The zero-order valence-electron chi connectivity index (χ0n) is 13.9. The number of amides is 1. The molecule has 6 nitrogen and oxygen atoms in total. The van der Waals surface area contributed by atoms with E-state index in [0.29, 0.717) is 6.04 Å². The molecule has 1 saturated heterocycles. The van der Waals surface area contributed by atoms with E-state index in [2.05, 4.69) is 15.2 Å². The van der Waals surface area contributed by atoms with Crippen LogP contribution in [-0.4, -0.2) is 46.7 Å². The van der Waals surface area contributed by atoms with E-state index in [4.69, 9.17) is 5.21 Å². The number of anilines is 1. The number of rotatable bonds is 6. The first-order valence-corrected chi connectivity index (χ1v) is 9.67. The van der Waals surface area contributed by atoms with Gasteiger partial charge in [0.25, 0.3) is 5.91 Å². The zero-order valence-corrected chi connectivity index (χ0v) is 14.7. The summed E-state index contributed by atoms with van der Waals surface area (Å²) in [5.41, 5.74) is 2.29. The molecule has 1 aliphatic heterocycles. The maximum absolute atomic E-state index is 11.0. The Morgan fingerprint density at radius 3 is 3.00 bits per heavy atom. The van der Waals surface area contributed by atoms with E-state index >= 15 is 0 Å². The van der Waals surface area contributed by atoms with Crippen LogP contribution in [0.15, 0.2) is 11.5 Å². The monoisotopic (exact) mass is 350 g/mol. The summed E-state index contributed by atoms with van der Waals surface area (Å²) in [6, 6.07) is 0.456. The summed E-state index contributed by atoms with van der Waals surface area (Å²) in [5.74, 6) is 0.346. The van der Waals surface area contributed by atoms with Crippen molar-refractivity contribution in [3.8, 4) is 0 Å². The van der Waals surface area contributed by atoms with Crippen LogP contribution in [0, 0.1) is 5.92 Å². The molecule has 1 aromatic heterocycles. The standard InChI is InChI=1S/C17H26N4O2S/c22-16(20-23)7-6-15-12-24-17(19-15)18-14-8-9-21(11-14)10-13-4-2-1-3-5-13/h6-7,12-14,23H,1-5,8-11H2,(H,18,19)(H,20,22)/t14-/m1/s1. The Bertz CT molecular complexity index is 569. The Morgan fingerprint density at radius 2 is 2.21 bits per heavy atom. The molecule has 24 heavy (non-hydrogen) atoms. The van der Waals surface area contributed by atoms with Crippen LogP contribution < -0.4 is 10.8 Å². The van der Waals surface area contributed by atoms with Crippen LogP contribution >= 0.6 is 11.3 Å². The SMILES string of the molecule is O=C(C=Cc1csc(N[C@@H]2CCN(CC3CCCCC3)C2)n1)NO. The minimum atomic E-state index is -0.549. The fourth-order valence-electron chi connectivity index (χ4n) is 3.65. The third-order valence-electron chi connectivity index (χ3n) is 4.88. The van der Waals surface area contributed by atoms with Crippen LogP contribution in [0.3, 0.4) is 0 Å². The number of hydrogen-bond acceptors (Lipinski definition) is 6. The molecule has 0 spiro atoms. The maximum atomic E-state index is 11.0. The smallest absolute Gasteiger partial charge is 0.267 e. The van der Waals surface area contributed by atoms with Crippen LogP contribution in [0.4, 0.5) is 5.13 Å². The first-order valence-electron chi connectivity index (χ1n) is 8.79. The molecule has 132 valence electrons. The molecule has 2 heterocycles. The highest BCUT2D eigenvalue weighted by Gasteiger charge is 2.25. The van der Waals surface area contributed by atoms with Crippen molar-refractivity contribution in [2.75, 3.05) is 25.0 Å². The van der Waals surface area contributed by atoms with Crippen LogP contribution in [-0.2, 0) is 4.79 Å². The fraction of sp³-hybridized carbons (Fsp3) is 0.647. The Kier molecular flexibility index (Phi) is 6.23. The van der Waals surface area contributed by atoms with Crippen molar-refractivity contribution in [3.63, 3.8) is 0 Å². The normalized spacial score (nSPS) is 23.0. The van der Waals surface area contributed by atoms with Crippen molar-refractivity contribution in [2.24, 2.45) is 5.92 Å². The molecule has 1 aliphatic carbocycles. The molecule has 0 unspecified atom stereocenters. The van der Waals surface area contributed by atoms with Gasteiger partial charge < -0.3 is 10.2 Å². The summed E-state index contributed by atoms with van der Waals surface area (Å²) < 4.78 is 0. The molecular weight excluding hydrogens is 324 g/mol. The number of hydroxylamine groups is 1. The van der Waals surface area contributed by atoms with Gasteiger partial charge in [-0.2, -0.15) is 0 Å². The van der Waals surface area contributed by atoms with Crippen molar-refractivity contribution in [1.29, 1.82) is 0 Å². The number of likely N-dealkylation sites (tertiary alicyclic amines) is 1. The second-order valence-corrected chi connectivity index (χ2v) is 7.64. The van der Waals surface area contributed by atoms with Crippen molar-refractivity contribution in [3.05, 3.63) is 17.2 Å². The summed E-state index contributed by atoms with van der Waals surface area (Å²) in [6.07, 6.45) is 11.0. The van der Waals surface area contributed by atoms with Gasteiger partial charge in [-0.05, 0) is 31.3 Å². The van der Waals surface area contributed by atoms with Crippen LogP contribution in [0.2, 0.25) is 0 Å². The maximum Gasteiger partial charge on any atom is 0.267 e. The fourth-order valence-corrected chi connectivity index (χ4v) is 4.41. The van der Waals surface area contributed by atoms with E-state index in [0.717, 1.165) is 29.7 Å². The number of nitrogens with one attached hydrogen (secondary N) is 2. The van der Waals surface area contributed by atoms with Gasteiger partial charge in [-0.15, -0.1) is 11.3 Å². The molecule has 3 rings (SSSR count). The first kappa shape index (κ1) is 17.4. The number of thiazole rings is 1. The van der Waals surface area contributed by atoms with Gasteiger partial charge in [0.05, 0.1) is 5.69 Å². The van der Waals surface area contributed by atoms with Crippen molar-refractivity contribution < 1.29 is 10.0 Å².